The van der Waals surface area contributed by atoms with Gasteiger partial charge in [-0.1, -0.05) is 26.8 Å². The summed E-state index contributed by atoms with van der Waals surface area (Å²) >= 11 is 0. The number of carbonyl (C=O) groups excluding carboxylic acids is 3. The molecule has 0 aromatic heterocycles. The number of ketones is 1. The van der Waals surface area contributed by atoms with E-state index in [1.165, 1.54) is 13.8 Å². The van der Waals surface area contributed by atoms with Crippen molar-refractivity contribution in [3.63, 3.8) is 0 Å². The lowest BCUT2D eigenvalue weighted by atomic mass is 9.41. The quantitative estimate of drug-likeness (QED) is 0.536. The Bertz CT molecular complexity index is 804. The topological polar surface area (TPSA) is 99.1 Å². The second-order valence-electron chi connectivity index (χ2n) is 10.9. The highest BCUT2D eigenvalue weighted by Gasteiger charge is 2.74. The van der Waals surface area contributed by atoms with E-state index in [0.717, 1.165) is 0 Å². The molecule has 7 nitrogen and oxygen atoms in total. The number of rotatable bonds is 3. The summed E-state index contributed by atoms with van der Waals surface area (Å²) < 4.78 is 18.1. The fourth-order valence-electron chi connectivity index (χ4n) is 7.05. The molecule has 3 aliphatic rings. The fourth-order valence-corrected chi connectivity index (χ4v) is 7.05. The molecule has 1 saturated heterocycles. The number of hydrogen-bond donors (Lipinski definition) is 1. The van der Waals surface area contributed by atoms with Crippen molar-refractivity contribution in [1.82, 2.24) is 0 Å². The Balaban J connectivity index is 2.31. The first-order chi connectivity index (χ1) is 14.1. The zero-order chi connectivity index (χ0) is 23.6. The molecule has 3 rings (SSSR count). The van der Waals surface area contributed by atoms with Gasteiger partial charge in [0, 0.05) is 31.6 Å². The standard InChI is InChI=1S/C24H36O7/c1-9-22(6)12-15(27)18-23(7)16(28)10-11-21(4,5)19(23)17(29-13(2)25)20(30-14(3)26)24(18,8)31-22/h9,16-20,28H,1,10-12H2,2-8H3/t16-,17-,18+,19-,20-,22-,23+,24-/m0/s1. The zero-order valence-electron chi connectivity index (χ0n) is 19.7. The zero-order valence-corrected chi connectivity index (χ0v) is 19.7. The fraction of sp³-hybridized carbons (Fsp3) is 0.792. The molecule has 0 amide bonds. The van der Waals surface area contributed by atoms with Crippen molar-refractivity contribution in [3.8, 4) is 0 Å². The maximum absolute atomic E-state index is 13.7. The molecular formula is C24H36O7. The summed E-state index contributed by atoms with van der Waals surface area (Å²) in [6.07, 6.45) is 0.200. The lowest BCUT2D eigenvalue weighted by Crippen LogP contribution is -2.78. The number of esters is 2. The largest absolute Gasteiger partial charge is 0.458 e. The second-order valence-corrected chi connectivity index (χ2v) is 10.9. The molecule has 0 unspecified atom stereocenters. The van der Waals surface area contributed by atoms with Gasteiger partial charge < -0.3 is 19.3 Å². The van der Waals surface area contributed by atoms with Gasteiger partial charge >= 0.3 is 11.9 Å². The summed E-state index contributed by atoms with van der Waals surface area (Å²) in [5.41, 5.74) is -3.61. The smallest absolute Gasteiger partial charge is 0.303 e. The molecule has 0 radical (unpaired) electrons. The summed E-state index contributed by atoms with van der Waals surface area (Å²) in [6, 6.07) is 0. The SMILES string of the molecule is C=C[C@@]1(C)CC(=O)[C@H]2[C@](C)(O1)[C@@H](OC(C)=O)[C@@H](OC(C)=O)[C@H]1C(C)(C)CC[C@H](O)[C@@]12C. The van der Waals surface area contributed by atoms with Crippen molar-refractivity contribution < 1.29 is 33.7 Å². The van der Waals surface area contributed by atoms with Crippen LogP contribution in [0.2, 0.25) is 0 Å². The third kappa shape index (κ3) is 3.54. The van der Waals surface area contributed by atoms with Crippen LogP contribution in [0.3, 0.4) is 0 Å². The molecule has 0 bridgehead atoms. The monoisotopic (exact) mass is 436 g/mol. The van der Waals surface area contributed by atoms with Crippen LogP contribution in [0.4, 0.5) is 0 Å². The molecule has 8 atom stereocenters. The minimum absolute atomic E-state index is 0.0705. The average Bonchev–Trinajstić information content (AvgIpc) is 2.60. The average molecular weight is 437 g/mol. The molecule has 2 saturated carbocycles. The van der Waals surface area contributed by atoms with E-state index in [4.69, 9.17) is 14.2 Å². The van der Waals surface area contributed by atoms with Crippen molar-refractivity contribution in [2.24, 2.45) is 22.7 Å². The van der Waals surface area contributed by atoms with Crippen molar-refractivity contribution in [3.05, 3.63) is 12.7 Å². The van der Waals surface area contributed by atoms with E-state index >= 15 is 0 Å². The van der Waals surface area contributed by atoms with Crippen LogP contribution in [0.25, 0.3) is 0 Å². The predicted octanol–water partition coefficient (Wildman–Crippen LogP) is 2.98. The lowest BCUT2D eigenvalue weighted by Gasteiger charge is -2.68. The highest BCUT2D eigenvalue weighted by molar-refractivity contribution is 5.86. The number of hydrogen-bond acceptors (Lipinski definition) is 7. The Morgan fingerprint density at radius 3 is 2.23 bits per heavy atom. The summed E-state index contributed by atoms with van der Waals surface area (Å²) in [4.78, 5) is 38.0. The van der Waals surface area contributed by atoms with Gasteiger partial charge in [0.05, 0.1) is 17.6 Å². The number of aliphatic hydroxyl groups excluding tert-OH is 1. The number of ether oxygens (including phenoxy) is 3. The second kappa shape index (κ2) is 7.41. The molecule has 2 aliphatic carbocycles. The first-order valence-electron chi connectivity index (χ1n) is 11.0. The van der Waals surface area contributed by atoms with E-state index in [1.807, 2.05) is 20.8 Å². The summed E-state index contributed by atoms with van der Waals surface area (Å²) in [6.45, 7) is 15.9. The molecule has 7 heteroatoms. The Morgan fingerprint density at radius 2 is 1.71 bits per heavy atom. The van der Waals surface area contributed by atoms with Crippen LogP contribution in [0.1, 0.15) is 67.7 Å². The summed E-state index contributed by atoms with van der Waals surface area (Å²) in [5, 5.41) is 11.3. The van der Waals surface area contributed by atoms with Crippen LogP contribution in [-0.4, -0.2) is 52.3 Å². The number of aliphatic hydroxyl groups is 1. The van der Waals surface area contributed by atoms with E-state index < -0.39 is 58.7 Å². The summed E-state index contributed by atoms with van der Waals surface area (Å²) in [7, 11) is 0. The first-order valence-corrected chi connectivity index (χ1v) is 11.0. The van der Waals surface area contributed by atoms with Crippen LogP contribution < -0.4 is 0 Å². The van der Waals surface area contributed by atoms with Gasteiger partial charge in [0.15, 0.2) is 6.10 Å². The van der Waals surface area contributed by atoms with E-state index in [-0.39, 0.29) is 17.6 Å². The molecule has 1 heterocycles. The van der Waals surface area contributed by atoms with Gasteiger partial charge in [-0.25, -0.2) is 0 Å². The van der Waals surface area contributed by atoms with Crippen molar-refractivity contribution in [2.75, 3.05) is 0 Å². The normalized spacial score (nSPS) is 46.3. The Hall–Kier alpha value is -1.73. The lowest BCUT2D eigenvalue weighted by molar-refractivity contribution is -0.322. The van der Waals surface area contributed by atoms with Crippen LogP contribution >= 0.6 is 0 Å². The van der Waals surface area contributed by atoms with Crippen LogP contribution in [0.5, 0.6) is 0 Å². The van der Waals surface area contributed by atoms with Crippen LogP contribution in [-0.2, 0) is 28.6 Å². The summed E-state index contributed by atoms with van der Waals surface area (Å²) in [5.74, 6) is -2.31. The molecule has 174 valence electrons. The molecule has 0 spiro atoms. The molecule has 31 heavy (non-hydrogen) atoms. The Labute approximate surface area is 184 Å². The van der Waals surface area contributed by atoms with Gasteiger partial charge in [0.25, 0.3) is 0 Å². The third-order valence-corrected chi connectivity index (χ3v) is 8.01. The highest BCUT2D eigenvalue weighted by atomic mass is 16.6. The highest BCUT2D eigenvalue weighted by Crippen LogP contribution is 2.65. The Kier molecular flexibility index (Phi) is 5.72. The first kappa shape index (κ1) is 23.9. The van der Waals surface area contributed by atoms with Gasteiger partial charge in [-0.3, -0.25) is 14.4 Å². The van der Waals surface area contributed by atoms with Gasteiger partial charge in [-0.15, -0.1) is 6.58 Å². The van der Waals surface area contributed by atoms with E-state index in [0.29, 0.717) is 12.8 Å². The van der Waals surface area contributed by atoms with Crippen molar-refractivity contribution in [2.45, 2.75) is 97.2 Å². The number of fused-ring (bicyclic) bond motifs is 3. The van der Waals surface area contributed by atoms with E-state index in [2.05, 4.69) is 6.58 Å². The molecular weight excluding hydrogens is 400 g/mol. The van der Waals surface area contributed by atoms with Crippen LogP contribution in [0, 0.1) is 22.7 Å². The predicted molar refractivity (Wildman–Crippen MR) is 113 cm³/mol. The van der Waals surface area contributed by atoms with Gasteiger partial charge in [-0.05, 0) is 32.1 Å². The van der Waals surface area contributed by atoms with Crippen molar-refractivity contribution >= 4 is 17.7 Å². The molecule has 0 aromatic rings. The van der Waals surface area contributed by atoms with Crippen LogP contribution in [0.15, 0.2) is 12.7 Å². The van der Waals surface area contributed by atoms with Gasteiger partial charge in [-0.2, -0.15) is 0 Å². The number of Topliss-reactive ketones (excluding diaryl/α,β-unsaturated/α-hetero) is 1. The Morgan fingerprint density at radius 1 is 1.13 bits per heavy atom. The molecule has 3 fully saturated rings. The molecule has 1 N–H and O–H groups in total. The van der Waals surface area contributed by atoms with Crippen molar-refractivity contribution in [1.29, 1.82) is 0 Å². The number of carbonyl (C=O) groups is 3. The minimum atomic E-state index is -1.32. The molecule has 0 aromatic carbocycles. The van der Waals surface area contributed by atoms with Gasteiger partial charge in [0.2, 0.25) is 0 Å². The van der Waals surface area contributed by atoms with Gasteiger partial charge in [0.1, 0.15) is 17.5 Å². The maximum atomic E-state index is 13.7. The van der Waals surface area contributed by atoms with E-state index in [1.54, 1.807) is 19.9 Å². The third-order valence-electron chi connectivity index (χ3n) is 8.01. The molecule has 1 aliphatic heterocycles. The van der Waals surface area contributed by atoms with E-state index in [9.17, 15) is 19.5 Å². The minimum Gasteiger partial charge on any atom is -0.458 e. The maximum Gasteiger partial charge on any atom is 0.303 e.